The van der Waals surface area contributed by atoms with Gasteiger partial charge in [0.2, 0.25) is 5.88 Å². The van der Waals surface area contributed by atoms with E-state index in [4.69, 9.17) is 10.4 Å². The zero-order valence-electron chi connectivity index (χ0n) is 5.97. The van der Waals surface area contributed by atoms with Crippen LogP contribution in [0.25, 0.3) is 0 Å². The molecule has 0 saturated carbocycles. The molecule has 1 heterocycles. The highest BCUT2D eigenvalue weighted by Crippen LogP contribution is 2.15. The Kier molecular flexibility index (Phi) is 2.10. The van der Waals surface area contributed by atoms with Gasteiger partial charge in [0.15, 0.2) is 0 Å². The molecule has 0 spiro atoms. The van der Waals surface area contributed by atoms with Crippen LogP contribution in [0.3, 0.4) is 0 Å². The van der Waals surface area contributed by atoms with E-state index in [-0.39, 0.29) is 11.1 Å². The van der Waals surface area contributed by atoms with Gasteiger partial charge in [-0.05, 0) is 0 Å². The van der Waals surface area contributed by atoms with Crippen LogP contribution in [0.2, 0.25) is 0 Å². The van der Waals surface area contributed by atoms with Crippen LogP contribution >= 0.6 is 0 Å². The summed E-state index contributed by atoms with van der Waals surface area (Å²) in [6.45, 7) is -0.944. The highest BCUT2D eigenvalue weighted by molar-refractivity contribution is 5.43. The van der Waals surface area contributed by atoms with Crippen LogP contribution in [0, 0.1) is 11.3 Å². The fourth-order valence-electron chi connectivity index (χ4n) is 0.828. The van der Waals surface area contributed by atoms with E-state index in [2.05, 4.69) is 0 Å². The molecule has 4 nitrogen and oxygen atoms in total. The topological polar surface area (TPSA) is 76.9 Å². The Labute approximate surface area is 66.9 Å². The first-order chi connectivity index (χ1) is 5.69. The zero-order chi connectivity index (χ0) is 9.14. The van der Waals surface area contributed by atoms with Gasteiger partial charge in [-0.3, -0.25) is 9.78 Å². The smallest absolute Gasteiger partial charge is 0.251 e. The molecular weight excluding hydrogens is 163 g/mol. The number of aromatic nitrogens is 1. The molecule has 0 aliphatic carbocycles. The molecule has 1 aromatic rings. The van der Waals surface area contributed by atoms with Crippen molar-refractivity contribution in [2.75, 3.05) is 0 Å². The highest BCUT2D eigenvalue weighted by Gasteiger charge is 2.08. The maximum Gasteiger partial charge on any atom is 0.251 e. The molecule has 0 atom stereocenters. The van der Waals surface area contributed by atoms with Gasteiger partial charge in [-0.25, -0.2) is 4.39 Å². The van der Waals surface area contributed by atoms with E-state index in [9.17, 15) is 9.18 Å². The van der Waals surface area contributed by atoms with Crippen LogP contribution < -0.4 is 5.56 Å². The summed E-state index contributed by atoms with van der Waals surface area (Å²) < 4.78 is 12.1. The molecule has 0 radical (unpaired) electrons. The second-order valence-electron chi connectivity index (χ2n) is 2.13. The van der Waals surface area contributed by atoms with Crippen molar-refractivity contribution in [2.24, 2.45) is 0 Å². The number of nitriles is 1. The monoisotopic (exact) mass is 168 g/mol. The Balaban J connectivity index is 3.47. The predicted molar refractivity (Wildman–Crippen MR) is 38.3 cm³/mol. The third-order valence-corrected chi connectivity index (χ3v) is 1.36. The molecule has 2 N–H and O–H groups in total. The summed E-state index contributed by atoms with van der Waals surface area (Å²) in [6.07, 6.45) is 0. The maximum absolute atomic E-state index is 12.1. The number of nitrogens with zero attached hydrogens (tertiary/aromatic N) is 1. The third kappa shape index (κ3) is 1.27. The fourth-order valence-corrected chi connectivity index (χ4v) is 0.828. The zero-order valence-corrected chi connectivity index (χ0v) is 5.97. The van der Waals surface area contributed by atoms with Crippen molar-refractivity contribution in [2.45, 2.75) is 6.67 Å². The summed E-state index contributed by atoms with van der Waals surface area (Å²) >= 11 is 0. The first-order valence-corrected chi connectivity index (χ1v) is 3.10. The van der Waals surface area contributed by atoms with Gasteiger partial charge in [0, 0.05) is 11.6 Å². The first-order valence-electron chi connectivity index (χ1n) is 3.10. The summed E-state index contributed by atoms with van der Waals surface area (Å²) in [4.78, 5) is 12.6. The van der Waals surface area contributed by atoms with Crippen LogP contribution in [0.5, 0.6) is 5.88 Å². The average Bonchev–Trinajstić information content (AvgIpc) is 2.03. The molecule has 5 heteroatoms. The van der Waals surface area contributed by atoms with Crippen molar-refractivity contribution in [3.05, 3.63) is 27.5 Å². The minimum absolute atomic E-state index is 0.0984. The average molecular weight is 168 g/mol. The summed E-state index contributed by atoms with van der Waals surface area (Å²) in [7, 11) is 0. The maximum atomic E-state index is 12.1. The molecule has 1 aromatic heterocycles. The van der Waals surface area contributed by atoms with Crippen LogP contribution in [-0.4, -0.2) is 10.1 Å². The second-order valence-corrected chi connectivity index (χ2v) is 2.13. The molecule has 62 valence electrons. The van der Waals surface area contributed by atoms with E-state index < -0.39 is 18.1 Å². The fraction of sp³-hybridized carbons (Fsp3) is 0.143. The lowest BCUT2D eigenvalue weighted by atomic mass is 10.1. The summed E-state index contributed by atoms with van der Waals surface area (Å²) in [5.74, 6) is -0.586. The van der Waals surface area contributed by atoms with Crippen molar-refractivity contribution in [3.8, 4) is 11.9 Å². The van der Waals surface area contributed by atoms with Crippen LogP contribution in [0.15, 0.2) is 10.9 Å². The molecule has 0 unspecified atom stereocenters. The van der Waals surface area contributed by atoms with E-state index in [1.54, 1.807) is 6.07 Å². The van der Waals surface area contributed by atoms with Gasteiger partial charge in [-0.1, -0.05) is 0 Å². The van der Waals surface area contributed by atoms with Crippen molar-refractivity contribution in [3.63, 3.8) is 0 Å². The first kappa shape index (κ1) is 8.27. The number of aromatic amines is 1. The van der Waals surface area contributed by atoms with Crippen LogP contribution in [0.4, 0.5) is 4.39 Å². The van der Waals surface area contributed by atoms with Crippen molar-refractivity contribution in [1.82, 2.24) is 4.98 Å². The summed E-state index contributed by atoms with van der Waals surface area (Å²) in [5.41, 5.74) is -0.949. The molecule has 0 bridgehead atoms. The van der Waals surface area contributed by atoms with Gasteiger partial charge in [-0.15, -0.1) is 0 Å². The molecule has 0 amide bonds. The molecule has 0 fully saturated rings. The number of nitrogens with one attached hydrogen (secondary N) is 1. The van der Waals surface area contributed by atoms with Gasteiger partial charge in [-0.2, -0.15) is 5.26 Å². The number of rotatable bonds is 1. The van der Waals surface area contributed by atoms with Crippen molar-refractivity contribution in [1.29, 1.82) is 5.26 Å². The van der Waals surface area contributed by atoms with Crippen molar-refractivity contribution >= 4 is 0 Å². The SMILES string of the molecule is N#Cc1c(CF)cc(=O)[nH]c1O. The molecule has 1 rings (SSSR count). The highest BCUT2D eigenvalue weighted by atomic mass is 19.1. The lowest BCUT2D eigenvalue weighted by Crippen LogP contribution is -2.07. The molecular formula is C7H5FN2O2. The largest absolute Gasteiger partial charge is 0.494 e. The van der Waals surface area contributed by atoms with Gasteiger partial charge < -0.3 is 5.11 Å². The second kappa shape index (κ2) is 3.05. The van der Waals surface area contributed by atoms with E-state index in [0.29, 0.717) is 0 Å². The van der Waals surface area contributed by atoms with E-state index >= 15 is 0 Å². The Morgan fingerprint density at radius 2 is 2.42 bits per heavy atom. The number of hydrogen-bond acceptors (Lipinski definition) is 3. The van der Waals surface area contributed by atoms with Gasteiger partial charge in [0.1, 0.15) is 18.3 Å². The number of pyridine rings is 1. The normalized spacial score (nSPS) is 9.33. The Morgan fingerprint density at radius 3 is 2.92 bits per heavy atom. The minimum atomic E-state index is -0.944. The van der Waals surface area contributed by atoms with Gasteiger partial charge in [0.05, 0.1) is 0 Å². The lowest BCUT2D eigenvalue weighted by molar-refractivity contribution is 0.441. The standard InChI is InChI=1S/C7H5FN2O2/c8-2-4-1-6(11)10-7(12)5(4)3-9/h1H,2H2,(H2,10,11,12). The Bertz CT molecular complexity index is 391. The predicted octanol–water partition coefficient (Wildman–Crippen LogP) is 0.422. The molecule has 0 aliphatic rings. The van der Waals surface area contributed by atoms with Gasteiger partial charge >= 0.3 is 0 Å². The summed E-state index contributed by atoms with van der Waals surface area (Å²) in [6, 6.07) is 2.52. The number of aromatic hydroxyl groups is 1. The van der Waals surface area contributed by atoms with Crippen molar-refractivity contribution < 1.29 is 9.50 Å². The third-order valence-electron chi connectivity index (χ3n) is 1.36. The molecule has 0 saturated heterocycles. The number of halogens is 1. The number of H-pyrrole nitrogens is 1. The minimum Gasteiger partial charge on any atom is -0.494 e. The van der Waals surface area contributed by atoms with E-state index in [0.717, 1.165) is 6.07 Å². The summed E-state index contributed by atoms with van der Waals surface area (Å²) in [5, 5.41) is 17.4. The lowest BCUT2D eigenvalue weighted by Gasteiger charge is -1.98. The molecule has 0 aliphatic heterocycles. The molecule has 0 aromatic carbocycles. The quantitative estimate of drug-likeness (QED) is 0.638. The van der Waals surface area contributed by atoms with Gasteiger partial charge in [0.25, 0.3) is 5.56 Å². The van der Waals surface area contributed by atoms with E-state index in [1.165, 1.54) is 0 Å². The van der Waals surface area contributed by atoms with E-state index in [1.807, 2.05) is 4.98 Å². The Hall–Kier alpha value is -1.83. The van der Waals surface area contributed by atoms with Crippen LogP contribution in [-0.2, 0) is 6.67 Å². The molecule has 12 heavy (non-hydrogen) atoms. The Morgan fingerprint density at radius 1 is 1.75 bits per heavy atom. The number of alkyl halides is 1. The number of hydrogen-bond donors (Lipinski definition) is 2. The van der Waals surface area contributed by atoms with Crippen LogP contribution in [0.1, 0.15) is 11.1 Å².